The minimum absolute atomic E-state index is 0.244. The van der Waals surface area contributed by atoms with Crippen molar-refractivity contribution in [3.05, 3.63) is 46.8 Å². The summed E-state index contributed by atoms with van der Waals surface area (Å²) in [6.45, 7) is 5.93. The van der Waals surface area contributed by atoms with E-state index >= 15 is 0 Å². The second-order valence-corrected chi connectivity index (χ2v) is 7.86. The van der Waals surface area contributed by atoms with Crippen LogP contribution in [0.15, 0.2) is 41.4 Å². The van der Waals surface area contributed by atoms with Crippen LogP contribution in [0.2, 0.25) is 0 Å². The predicted molar refractivity (Wildman–Crippen MR) is 113 cm³/mol. The molecule has 0 aliphatic carbocycles. The van der Waals surface area contributed by atoms with Crippen molar-refractivity contribution in [3.63, 3.8) is 0 Å². The van der Waals surface area contributed by atoms with Crippen LogP contribution in [0.3, 0.4) is 0 Å². The molecule has 0 saturated carbocycles. The molecule has 152 valence electrons. The van der Waals surface area contributed by atoms with Crippen molar-refractivity contribution in [2.75, 3.05) is 13.4 Å². The third kappa shape index (κ3) is 4.15. The fourth-order valence-electron chi connectivity index (χ4n) is 3.16. The first-order chi connectivity index (χ1) is 14.2. The van der Waals surface area contributed by atoms with Gasteiger partial charge < -0.3 is 18.8 Å². The van der Waals surface area contributed by atoms with Gasteiger partial charge in [0.1, 0.15) is 5.75 Å². The van der Waals surface area contributed by atoms with Crippen LogP contribution in [0.5, 0.6) is 17.2 Å². The highest BCUT2D eigenvalue weighted by Crippen LogP contribution is 2.37. The van der Waals surface area contributed by atoms with Crippen molar-refractivity contribution < 1.29 is 19.0 Å². The zero-order chi connectivity index (χ0) is 20.2. The summed E-state index contributed by atoms with van der Waals surface area (Å²) in [7, 11) is 0. The largest absolute Gasteiger partial charge is 0.494 e. The zero-order valence-electron chi connectivity index (χ0n) is 16.6. The van der Waals surface area contributed by atoms with Gasteiger partial charge in [0.2, 0.25) is 6.79 Å². The molecule has 1 amide bonds. The number of carbonyl (C=O) groups is 1. The Bertz CT molecular complexity index is 1080. The van der Waals surface area contributed by atoms with Crippen molar-refractivity contribution in [1.82, 2.24) is 4.57 Å². The lowest BCUT2D eigenvalue weighted by Gasteiger charge is -2.05. The molecular weight excluding hydrogens is 388 g/mol. The number of rotatable bonds is 7. The zero-order valence-corrected chi connectivity index (χ0v) is 17.5. The molecule has 1 aromatic heterocycles. The fourth-order valence-corrected chi connectivity index (χ4v) is 4.23. The molecule has 4 rings (SSSR count). The van der Waals surface area contributed by atoms with Crippen LogP contribution in [0.1, 0.15) is 43.5 Å². The molecule has 0 bridgehead atoms. The van der Waals surface area contributed by atoms with E-state index in [4.69, 9.17) is 14.2 Å². The molecule has 0 N–H and O–H groups in total. The Morgan fingerprint density at radius 3 is 2.62 bits per heavy atom. The second kappa shape index (κ2) is 8.69. The Kier molecular flexibility index (Phi) is 5.85. The van der Waals surface area contributed by atoms with Gasteiger partial charge in [-0.15, -0.1) is 0 Å². The fraction of sp³-hybridized carbons (Fsp3) is 0.364. The van der Waals surface area contributed by atoms with E-state index in [1.165, 1.54) is 11.3 Å². The SMILES string of the molecule is CCCCOc1ccc(C(=O)N=c2sc3cc4c(cc3n2CCC)OCO4)cc1. The maximum absolute atomic E-state index is 12.8. The monoisotopic (exact) mass is 412 g/mol. The minimum atomic E-state index is -0.262. The molecule has 1 aliphatic rings. The molecule has 0 radical (unpaired) electrons. The molecule has 2 heterocycles. The topological polar surface area (TPSA) is 62.0 Å². The first kappa shape index (κ1) is 19.5. The molecular formula is C22H24N2O4S. The predicted octanol–water partition coefficient (Wildman–Crippen LogP) is 4.76. The number of hydrogen-bond donors (Lipinski definition) is 0. The number of ether oxygens (including phenoxy) is 3. The summed E-state index contributed by atoms with van der Waals surface area (Å²) >= 11 is 1.48. The van der Waals surface area contributed by atoms with Crippen LogP contribution >= 0.6 is 11.3 Å². The standard InChI is InChI=1S/C22H24N2O4S/c1-3-5-11-26-16-8-6-15(7-9-16)21(25)23-22-24(10-4-2)17-12-18-19(28-14-27-18)13-20(17)29-22/h6-9,12-13H,3-5,10-11,14H2,1-2H3. The number of carbonyl (C=O) groups excluding carboxylic acids is 1. The number of thiazole rings is 1. The summed E-state index contributed by atoms with van der Waals surface area (Å²) in [5, 5.41) is 0. The Hall–Kier alpha value is -2.80. The highest BCUT2D eigenvalue weighted by atomic mass is 32.1. The summed E-state index contributed by atoms with van der Waals surface area (Å²) < 4.78 is 19.7. The molecule has 29 heavy (non-hydrogen) atoms. The molecule has 7 heteroatoms. The Labute approximate surface area is 173 Å². The van der Waals surface area contributed by atoms with Crippen molar-refractivity contribution in [3.8, 4) is 17.2 Å². The first-order valence-corrected chi connectivity index (χ1v) is 10.8. The van der Waals surface area contributed by atoms with Crippen LogP contribution in [0.4, 0.5) is 0 Å². The van der Waals surface area contributed by atoms with E-state index in [1.807, 2.05) is 24.3 Å². The van der Waals surface area contributed by atoms with E-state index in [2.05, 4.69) is 23.4 Å². The van der Waals surface area contributed by atoms with Gasteiger partial charge in [-0.1, -0.05) is 31.6 Å². The average molecular weight is 413 g/mol. The van der Waals surface area contributed by atoms with Crippen molar-refractivity contribution in [1.29, 1.82) is 0 Å². The second-order valence-electron chi connectivity index (χ2n) is 6.85. The molecule has 3 aromatic rings. The van der Waals surface area contributed by atoms with Gasteiger partial charge in [-0.25, -0.2) is 0 Å². The van der Waals surface area contributed by atoms with Crippen LogP contribution in [0.25, 0.3) is 10.2 Å². The van der Waals surface area contributed by atoms with Crippen molar-refractivity contribution >= 4 is 27.5 Å². The molecule has 1 aliphatic heterocycles. The van der Waals surface area contributed by atoms with E-state index in [0.29, 0.717) is 17.0 Å². The van der Waals surface area contributed by atoms with Crippen molar-refractivity contribution in [2.45, 2.75) is 39.7 Å². The van der Waals surface area contributed by atoms with Gasteiger partial charge in [-0.2, -0.15) is 4.99 Å². The van der Waals surface area contributed by atoms with Gasteiger partial charge in [-0.05, 0) is 37.1 Å². The highest BCUT2D eigenvalue weighted by molar-refractivity contribution is 7.16. The molecule has 0 unspecified atom stereocenters. The third-order valence-corrected chi connectivity index (χ3v) is 5.73. The lowest BCUT2D eigenvalue weighted by atomic mass is 10.2. The maximum Gasteiger partial charge on any atom is 0.279 e. The minimum Gasteiger partial charge on any atom is -0.494 e. The molecule has 6 nitrogen and oxygen atoms in total. The van der Waals surface area contributed by atoms with Gasteiger partial charge in [0, 0.05) is 24.2 Å². The number of nitrogens with zero attached hydrogens (tertiary/aromatic N) is 2. The van der Waals surface area contributed by atoms with Gasteiger partial charge in [0.05, 0.1) is 16.8 Å². The molecule has 2 aromatic carbocycles. The third-order valence-electron chi connectivity index (χ3n) is 4.69. The van der Waals surface area contributed by atoms with E-state index in [-0.39, 0.29) is 12.7 Å². The number of amides is 1. The number of aromatic nitrogens is 1. The highest BCUT2D eigenvalue weighted by Gasteiger charge is 2.18. The number of aryl methyl sites for hydroxylation is 1. The molecule has 0 atom stereocenters. The maximum atomic E-state index is 12.8. The lowest BCUT2D eigenvalue weighted by molar-refractivity contribution is 0.0997. The van der Waals surface area contributed by atoms with E-state index < -0.39 is 0 Å². The molecule has 0 fully saturated rings. The summed E-state index contributed by atoms with van der Waals surface area (Å²) in [5.74, 6) is 1.98. The average Bonchev–Trinajstić information content (AvgIpc) is 3.31. The summed E-state index contributed by atoms with van der Waals surface area (Å²) in [5.41, 5.74) is 1.55. The lowest BCUT2D eigenvalue weighted by Crippen LogP contribution is -2.16. The molecule has 0 saturated heterocycles. The quantitative estimate of drug-likeness (QED) is 0.525. The number of hydrogen-bond acceptors (Lipinski definition) is 5. The Morgan fingerprint density at radius 2 is 1.90 bits per heavy atom. The Balaban J connectivity index is 1.64. The smallest absolute Gasteiger partial charge is 0.279 e. The Morgan fingerprint density at radius 1 is 1.14 bits per heavy atom. The number of benzene rings is 2. The van der Waals surface area contributed by atoms with Gasteiger partial charge in [0.25, 0.3) is 5.91 Å². The van der Waals surface area contributed by atoms with Crippen LogP contribution in [-0.2, 0) is 6.54 Å². The van der Waals surface area contributed by atoms with Gasteiger partial charge in [0.15, 0.2) is 16.3 Å². The summed E-state index contributed by atoms with van der Waals surface area (Å²) in [6, 6.07) is 11.1. The number of unbranched alkanes of at least 4 members (excludes halogenated alkanes) is 1. The van der Waals surface area contributed by atoms with E-state index in [1.54, 1.807) is 12.1 Å². The number of fused-ring (bicyclic) bond motifs is 2. The molecule has 0 spiro atoms. The van der Waals surface area contributed by atoms with Crippen LogP contribution in [-0.4, -0.2) is 23.9 Å². The van der Waals surface area contributed by atoms with E-state index in [9.17, 15) is 4.79 Å². The van der Waals surface area contributed by atoms with Crippen molar-refractivity contribution in [2.24, 2.45) is 4.99 Å². The van der Waals surface area contributed by atoms with Gasteiger partial charge in [-0.3, -0.25) is 4.79 Å². The van der Waals surface area contributed by atoms with Gasteiger partial charge >= 0.3 is 0 Å². The van der Waals surface area contributed by atoms with Crippen LogP contribution in [0, 0.1) is 0 Å². The summed E-state index contributed by atoms with van der Waals surface area (Å²) in [4.78, 5) is 17.8. The summed E-state index contributed by atoms with van der Waals surface area (Å²) in [6.07, 6.45) is 3.04. The van der Waals surface area contributed by atoms with E-state index in [0.717, 1.165) is 53.3 Å². The first-order valence-electron chi connectivity index (χ1n) is 9.94. The van der Waals surface area contributed by atoms with Crippen LogP contribution < -0.4 is 19.0 Å². The normalized spacial score (nSPS) is 13.2.